The summed E-state index contributed by atoms with van der Waals surface area (Å²) in [5.74, 6) is 2.76. The standard InChI is InChI=1S/C17H31N3/c1-12(2)6-7-14(5)20-16-8-9-18-11-15(16)19-17(20)10-13(3)4/h12-14,18H,6-11H2,1-5H3. The van der Waals surface area contributed by atoms with E-state index in [2.05, 4.69) is 44.5 Å². The zero-order valence-corrected chi connectivity index (χ0v) is 13.9. The van der Waals surface area contributed by atoms with Gasteiger partial charge in [0.2, 0.25) is 0 Å². The lowest BCUT2D eigenvalue weighted by Gasteiger charge is -2.23. The Balaban J connectivity index is 2.25. The summed E-state index contributed by atoms with van der Waals surface area (Å²) in [6.45, 7) is 13.6. The van der Waals surface area contributed by atoms with Crippen LogP contribution >= 0.6 is 0 Å². The molecule has 0 aliphatic carbocycles. The zero-order chi connectivity index (χ0) is 14.7. The summed E-state index contributed by atoms with van der Waals surface area (Å²) in [5.41, 5.74) is 2.79. The molecule has 1 aliphatic rings. The Bertz CT molecular complexity index is 432. The first-order valence-corrected chi connectivity index (χ1v) is 8.28. The molecule has 1 N–H and O–H groups in total. The van der Waals surface area contributed by atoms with Gasteiger partial charge < -0.3 is 9.88 Å². The highest BCUT2D eigenvalue weighted by Gasteiger charge is 2.23. The van der Waals surface area contributed by atoms with E-state index in [1.165, 1.54) is 30.1 Å². The summed E-state index contributed by atoms with van der Waals surface area (Å²) in [6, 6.07) is 0.584. The quantitative estimate of drug-likeness (QED) is 0.858. The second kappa shape index (κ2) is 6.75. The summed E-state index contributed by atoms with van der Waals surface area (Å²) >= 11 is 0. The molecule has 3 nitrogen and oxygen atoms in total. The van der Waals surface area contributed by atoms with Crippen LogP contribution in [0.3, 0.4) is 0 Å². The molecule has 2 heterocycles. The highest BCUT2D eigenvalue weighted by atomic mass is 15.1. The fraction of sp³-hybridized carbons (Fsp3) is 0.824. The average Bonchev–Trinajstić information content (AvgIpc) is 2.72. The van der Waals surface area contributed by atoms with Crippen molar-refractivity contribution < 1.29 is 0 Å². The van der Waals surface area contributed by atoms with Crippen molar-refractivity contribution in [3.8, 4) is 0 Å². The van der Waals surface area contributed by atoms with Crippen molar-refractivity contribution in [2.24, 2.45) is 11.8 Å². The number of nitrogens with zero attached hydrogens (tertiary/aromatic N) is 2. The highest BCUT2D eigenvalue weighted by molar-refractivity contribution is 5.21. The van der Waals surface area contributed by atoms with E-state index < -0.39 is 0 Å². The minimum atomic E-state index is 0.584. The number of rotatable bonds is 6. The molecule has 2 rings (SSSR count). The number of imidazole rings is 1. The van der Waals surface area contributed by atoms with Crippen LogP contribution in [0.15, 0.2) is 0 Å². The van der Waals surface area contributed by atoms with Crippen molar-refractivity contribution in [1.29, 1.82) is 0 Å². The summed E-state index contributed by atoms with van der Waals surface area (Å²) in [4.78, 5) is 4.94. The van der Waals surface area contributed by atoms with Crippen molar-refractivity contribution >= 4 is 0 Å². The number of hydrogen-bond acceptors (Lipinski definition) is 2. The monoisotopic (exact) mass is 277 g/mol. The van der Waals surface area contributed by atoms with Crippen LogP contribution < -0.4 is 5.32 Å². The fourth-order valence-electron chi connectivity index (χ4n) is 3.12. The van der Waals surface area contributed by atoms with Gasteiger partial charge in [0, 0.05) is 37.7 Å². The van der Waals surface area contributed by atoms with E-state index in [1.807, 2.05) is 0 Å². The van der Waals surface area contributed by atoms with Gasteiger partial charge in [-0.05, 0) is 31.6 Å². The maximum Gasteiger partial charge on any atom is 0.109 e. The topological polar surface area (TPSA) is 29.9 Å². The lowest BCUT2D eigenvalue weighted by molar-refractivity contribution is 0.411. The van der Waals surface area contributed by atoms with E-state index in [0.29, 0.717) is 12.0 Å². The molecule has 114 valence electrons. The van der Waals surface area contributed by atoms with Crippen LogP contribution in [0, 0.1) is 11.8 Å². The van der Waals surface area contributed by atoms with Crippen LogP contribution in [-0.4, -0.2) is 16.1 Å². The molecule has 0 aromatic carbocycles. The largest absolute Gasteiger partial charge is 0.329 e. The Morgan fingerprint density at radius 1 is 1.10 bits per heavy atom. The minimum Gasteiger partial charge on any atom is -0.329 e. The van der Waals surface area contributed by atoms with Crippen molar-refractivity contribution in [1.82, 2.24) is 14.9 Å². The maximum atomic E-state index is 4.94. The van der Waals surface area contributed by atoms with Gasteiger partial charge in [0.25, 0.3) is 0 Å². The summed E-state index contributed by atoms with van der Waals surface area (Å²) < 4.78 is 2.57. The van der Waals surface area contributed by atoms with Gasteiger partial charge in [0.05, 0.1) is 5.69 Å². The zero-order valence-electron chi connectivity index (χ0n) is 13.9. The summed E-state index contributed by atoms with van der Waals surface area (Å²) in [6.07, 6.45) is 4.79. The molecule has 0 amide bonds. The molecule has 1 aromatic rings. The van der Waals surface area contributed by atoms with Crippen LogP contribution in [0.5, 0.6) is 0 Å². The Hall–Kier alpha value is -0.830. The van der Waals surface area contributed by atoms with E-state index in [0.717, 1.165) is 31.8 Å². The molecule has 0 radical (unpaired) electrons. The summed E-state index contributed by atoms with van der Waals surface area (Å²) in [5, 5.41) is 3.45. The molecule has 0 spiro atoms. The van der Waals surface area contributed by atoms with E-state index in [1.54, 1.807) is 0 Å². The normalized spacial score (nSPS) is 16.8. The predicted octanol–water partition coefficient (Wildman–Crippen LogP) is 3.72. The smallest absolute Gasteiger partial charge is 0.109 e. The molecule has 1 aliphatic heterocycles. The van der Waals surface area contributed by atoms with Crippen LogP contribution in [0.2, 0.25) is 0 Å². The molecular formula is C17H31N3. The third kappa shape index (κ3) is 3.63. The lowest BCUT2D eigenvalue weighted by Crippen LogP contribution is -2.26. The number of aromatic nitrogens is 2. The van der Waals surface area contributed by atoms with Gasteiger partial charge in [-0.2, -0.15) is 0 Å². The van der Waals surface area contributed by atoms with Gasteiger partial charge in [-0.3, -0.25) is 0 Å². The average molecular weight is 277 g/mol. The Morgan fingerprint density at radius 3 is 2.50 bits per heavy atom. The maximum absolute atomic E-state index is 4.94. The molecule has 1 unspecified atom stereocenters. The van der Waals surface area contributed by atoms with E-state index in [4.69, 9.17) is 4.98 Å². The van der Waals surface area contributed by atoms with Crippen molar-refractivity contribution in [2.75, 3.05) is 6.54 Å². The van der Waals surface area contributed by atoms with Gasteiger partial charge in [0.1, 0.15) is 5.82 Å². The van der Waals surface area contributed by atoms with Crippen molar-refractivity contribution in [2.45, 2.75) is 72.9 Å². The first kappa shape index (κ1) is 15.6. The molecule has 0 fully saturated rings. The van der Waals surface area contributed by atoms with Crippen molar-refractivity contribution in [3.05, 3.63) is 17.2 Å². The van der Waals surface area contributed by atoms with Gasteiger partial charge >= 0.3 is 0 Å². The second-order valence-electron chi connectivity index (χ2n) is 7.14. The van der Waals surface area contributed by atoms with Gasteiger partial charge in [0.15, 0.2) is 0 Å². The lowest BCUT2D eigenvalue weighted by atomic mass is 10.0. The third-order valence-electron chi connectivity index (χ3n) is 4.19. The number of hydrogen-bond donors (Lipinski definition) is 1. The highest BCUT2D eigenvalue weighted by Crippen LogP contribution is 2.26. The molecule has 20 heavy (non-hydrogen) atoms. The molecule has 3 heteroatoms. The van der Waals surface area contributed by atoms with Crippen molar-refractivity contribution in [3.63, 3.8) is 0 Å². The predicted molar refractivity (Wildman–Crippen MR) is 85.0 cm³/mol. The van der Waals surface area contributed by atoms with Gasteiger partial charge in [-0.1, -0.05) is 27.7 Å². The van der Waals surface area contributed by atoms with Crippen LogP contribution in [0.1, 0.15) is 70.7 Å². The van der Waals surface area contributed by atoms with Gasteiger partial charge in [-0.15, -0.1) is 0 Å². The molecule has 0 saturated heterocycles. The third-order valence-corrected chi connectivity index (χ3v) is 4.19. The minimum absolute atomic E-state index is 0.584. The second-order valence-corrected chi connectivity index (χ2v) is 7.14. The Labute approximate surface area is 124 Å². The van der Waals surface area contributed by atoms with Crippen LogP contribution in [-0.2, 0) is 19.4 Å². The summed E-state index contributed by atoms with van der Waals surface area (Å²) in [7, 11) is 0. The molecular weight excluding hydrogens is 246 g/mol. The molecule has 1 aromatic heterocycles. The number of fused-ring (bicyclic) bond motifs is 1. The van der Waals surface area contributed by atoms with Gasteiger partial charge in [-0.25, -0.2) is 4.98 Å². The SMILES string of the molecule is CC(C)CCC(C)n1c(CC(C)C)nc2c1CCNC2. The molecule has 1 atom stereocenters. The van der Waals surface area contributed by atoms with Crippen LogP contribution in [0.4, 0.5) is 0 Å². The molecule has 0 bridgehead atoms. The van der Waals surface area contributed by atoms with Crippen LogP contribution in [0.25, 0.3) is 0 Å². The first-order chi connectivity index (χ1) is 9.49. The fourth-order valence-corrected chi connectivity index (χ4v) is 3.12. The Kier molecular flexibility index (Phi) is 5.25. The Morgan fingerprint density at radius 2 is 1.85 bits per heavy atom. The van der Waals surface area contributed by atoms with E-state index >= 15 is 0 Å². The van der Waals surface area contributed by atoms with E-state index in [9.17, 15) is 0 Å². The number of nitrogens with one attached hydrogen (secondary N) is 1. The molecule has 0 saturated carbocycles. The first-order valence-electron chi connectivity index (χ1n) is 8.28. The van der Waals surface area contributed by atoms with E-state index in [-0.39, 0.29) is 0 Å².